The predicted molar refractivity (Wildman–Crippen MR) is 71.5 cm³/mol. The molecule has 6 heteroatoms. The van der Waals surface area contributed by atoms with Crippen molar-refractivity contribution in [3.63, 3.8) is 0 Å². The molecule has 2 aromatic rings. The molecule has 0 saturated carbocycles. The molecule has 1 aromatic heterocycles. The zero-order chi connectivity index (χ0) is 14.1. The van der Waals surface area contributed by atoms with Crippen LogP contribution < -0.4 is 0 Å². The van der Waals surface area contributed by atoms with Crippen LogP contribution in [-0.2, 0) is 6.54 Å². The minimum Gasteiger partial charge on any atom is -0.392 e. The quantitative estimate of drug-likeness (QED) is 0.939. The molecule has 2 heterocycles. The third-order valence-electron chi connectivity index (χ3n) is 3.71. The number of hydrogen-bond acceptors (Lipinski definition) is 3. The van der Waals surface area contributed by atoms with Gasteiger partial charge in [0.25, 0.3) is 0 Å². The van der Waals surface area contributed by atoms with Gasteiger partial charge in [-0.1, -0.05) is 12.1 Å². The van der Waals surface area contributed by atoms with Crippen molar-refractivity contribution in [2.45, 2.75) is 32.0 Å². The summed E-state index contributed by atoms with van der Waals surface area (Å²) in [6, 6.07) is 6.92. The van der Waals surface area contributed by atoms with Gasteiger partial charge in [-0.25, -0.2) is 4.98 Å². The van der Waals surface area contributed by atoms with E-state index in [1.807, 2.05) is 4.90 Å². The average molecular weight is 281 g/mol. The summed E-state index contributed by atoms with van der Waals surface area (Å²) in [5.74, 6) is 0.357. The fraction of sp³-hybridized carbons (Fsp3) is 0.500. The minimum absolute atomic E-state index is 0.343. The third-order valence-corrected chi connectivity index (χ3v) is 3.71. The van der Waals surface area contributed by atoms with Crippen molar-refractivity contribution < 1.29 is 13.9 Å². The summed E-state index contributed by atoms with van der Waals surface area (Å²) >= 11 is 0. The number of likely N-dealkylation sites (tertiary alicyclic amines) is 1. The average Bonchev–Trinajstić information content (AvgIpc) is 2.76. The molecule has 108 valence electrons. The van der Waals surface area contributed by atoms with Crippen molar-refractivity contribution in [1.82, 2.24) is 14.5 Å². The van der Waals surface area contributed by atoms with E-state index in [0.29, 0.717) is 29.9 Å². The van der Waals surface area contributed by atoms with Crippen LogP contribution in [0.25, 0.3) is 11.0 Å². The van der Waals surface area contributed by atoms with Crippen molar-refractivity contribution in [3.05, 3.63) is 30.1 Å². The molecule has 1 aromatic carbocycles. The summed E-state index contributed by atoms with van der Waals surface area (Å²) in [5, 5.41) is 9.66. The smallest absolute Gasteiger partial charge is 0.320 e. The number of aliphatic hydroxyl groups is 1. The SMILES string of the molecule is O[C@H]1CCCN(Cc2nc3ccccc3n2C(F)F)C1. The first-order valence-electron chi connectivity index (χ1n) is 6.79. The van der Waals surface area contributed by atoms with Gasteiger partial charge in [0, 0.05) is 6.54 Å². The van der Waals surface area contributed by atoms with E-state index in [1.54, 1.807) is 24.3 Å². The molecule has 0 amide bonds. The Bertz CT molecular complexity index is 599. The van der Waals surface area contributed by atoms with Gasteiger partial charge in [0.15, 0.2) is 0 Å². The second-order valence-electron chi connectivity index (χ2n) is 5.20. The van der Waals surface area contributed by atoms with Crippen LogP contribution in [-0.4, -0.2) is 38.8 Å². The monoisotopic (exact) mass is 281 g/mol. The van der Waals surface area contributed by atoms with Crippen LogP contribution in [0.3, 0.4) is 0 Å². The first-order valence-corrected chi connectivity index (χ1v) is 6.79. The van der Waals surface area contributed by atoms with Crippen LogP contribution in [0, 0.1) is 0 Å². The first-order chi connectivity index (χ1) is 9.65. The number of para-hydroxylation sites is 2. The Labute approximate surface area is 115 Å². The highest BCUT2D eigenvalue weighted by Gasteiger charge is 2.22. The molecule has 1 aliphatic heterocycles. The molecule has 1 N–H and O–H groups in total. The molecule has 1 atom stereocenters. The second-order valence-corrected chi connectivity index (χ2v) is 5.20. The predicted octanol–water partition coefficient (Wildman–Crippen LogP) is 2.39. The molecule has 1 saturated heterocycles. The molecule has 1 aliphatic rings. The van der Waals surface area contributed by atoms with Crippen LogP contribution in [0.5, 0.6) is 0 Å². The summed E-state index contributed by atoms with van der Waals surface area (Å²) in [4.78, 5) is 6.29. The van der Waals surface area contributed by atoms with Gasteiger partial charge in [-0.2, -0.15) is 8.78 Å². The Morgan fingerprint density at radius 1 is 1.35 bits per heavy atom. The van der Waals surface area contributed by atoms with E-state index >= 15 is 0 Å². The number of alkyl halides is 2. The first kappa shape index (κ1) is 13.5. The van der Waals surface area contributed by atoms with Crippen molar-refractivity contribution in [2.24, 2.45) is 0 Å². The van der Waals surface area contributed by atoms with E-state index < -0.39 is 6.55 Å². The number of imidazole rings is 1. The van der Waals surface area contributed by atoms with Gasteiger partial charge in [0.1, 0.15) is 5.82 Å². The fourth-order valence-electron chi connectivity index (χ4n) is 2.80. The lowest BCUT2D eigenvalue weighted by molar-refractivity contribution is 0.0518. The number of halogens is 2. The largest absolute Gasteiger partial charge is 0.392 e. The van der Waals surface area contributed by atoms with Crippen LogP contribution in [0.4, 0.5) is 8.78 Å². The highest BCUT2D eigenvalue weighted by molar-refractivity contribution is 5.75. The Morgan fingerprint density at radius 2 is 2.15 bits per heavy atom. The van der Waals surface area contributed by atoms with E-state index in [1.165, 1.54) is 0 Å². The number of fused-ring (bicyclic) bond motifs is 1. The van der Waals surface area contributed by atoms with Crippen LogP contribution in [0.2, 0.25) is 0 Å². The molecule has 4 nitrogen and oxygen atoms in total. The van der Waals surface area contributed by atoms with E-state index in [0.717, 1.165) is 24.0 Å². The maximum absolute atomic E-state index is 13.3. The number of piperidine rings is 1. The summed E-state index contributed by atoms with van der Waals surface area (Å²) < 4.78 is 27.5. The summed E-state index contributed by atoms with van der Waals surface area (Å²) in [5.41, 5.74) is 1.04. The molecule has 0 unspecified atom stereocenters. The molecule has 0 bridgehead atoms. The lowest BCUT2D eigenvalue weighted by atomic mass is 10.1. The van der Waals surface area contributed by atoms with E-state index in [9.17, 15) is 13.9 Å². The molecule has 20 heavy (non-hydrogen) atoms. The summed E-state index contributed by atoms with van der Waals surface area (Å²) in [6.07, 6.45) is 1.30. The van der Waals surface area contributed by atoms with E-state index in [-0.39, 0.29) is 6.10 Å². The van der Waals surface area contributed by atoms with E-state index in [4.69, 9.17) is 0 Å². The highest BCUT2D eigenvalue weighted by atomic mass is 19.3. The Hall–Kier alpha value is -1.53. The van der Waals surface area contributed by atoms with Crippen LogP contribution in [0.15, 0.2) is 24.3 Å². The zero-order valence-electron chi connectivity index (χ0n) is 11.0. The topological polar surface area (TPSA) is 41.3 Å². The highest BCUT2D eigenvalue weighted by Crippen LogP contribution is 2.24. The zero-order valence-corrected chi connectivity index (χ0v) is 11.0. The lowest BCUT2D eigenvalue weighted by Gasteiger charge is -2.29. The van der Waals surface area contributed by atoms with Gasteiger partial charge in [0.2, 0.25) is 0 Å². The van der Waals surface area contributed by atoms with Gasteiger partial charge >= 0.3 is 6.55 Å². The number of aliphatic hydroxyl groups excluding tert-OH is 1. The minimum atomic E-state index is -2.60. The normalized spacial score (nSPS) is 20.9. The molecular formula is C14H17F2N3O. The maximum atomic E-state index is 13.3. The van der Waals surface area contributed by atoms with Crippen LogP contribution in [0.1, 0.15) is 25.2 Å². The van der Waals surface area contributed by atoms with Gasteiger partial charge in [0.05, 0.1) is 23.7 Å². The summed E-state index contributed by atoms with van der Waals surface area (Å²) in [7, 11) is 0. The second kappa shape index (κ2) is 5.46. The number of benzene rings is 1. The fourth-order valence-corrected chi connectivity index (χ4v) is 2.80. The van der Waals surface area contributed by atoms with Crippen LogP contribution >= 0.6 is 0 Å². The number of aromatic nitrogens is 2. The van der Waals surface area contributed by atoms with Crippen molar-refractivity contribution in [1.29, 1.82) is 0 Å². The van der Waals surface area contributed by atoms with E-state index in [2.05, 4.69) is 4.98 Å². The number of nitrogens with zero attached hydrogens (tertiary/aromatic N) is 3. The lowest BCUT2D eigenvalue weighted by Crippen LogP contribution is -2.38. The molecule has 1 fully saturated rings. The Morgan fingerprint density at radius 3 is 2.90 bits per heavy atom. The summed E-state index contributed by atoms with van der Waals surface area (Å²) in [6.45, 7) is -0.932. The molecular weight excluding hydrogens is 264 g/mol. The van der Waals surface area contributed by atoms with Crippen molar-refractivity contribution in [2.75, 3.05) is 13.1 Å². The van der Waals surface area contributed by atoms with Gasteiger partial charge in [-0.3, -0.25) is 9.47 Å². The Kier molecular flexibility index (Phi) is 3.67. The molecule has 3 rings (SSSR count). The molecule has 0 spiro atoms. The number of hydrogen-bond donors (Lipinski definition) is 1. The van der Waals surface area contributed by atoms with Crippen molar-refractivity contribution in [3.8, 4) is 0 Å². The standard InChI is InChI=1S/C14H17F2N3O/c15-14(16)19-12-6-2-1-5-11(12)17-13(19)9-18-7-3-4-10(20)8-18/h1-2,5-6,10,14,20H,3-4,7-9H2/t10-/m0/s1. The number of β-amino-alcohol motifs (C(OH)–C–C–N with tert-alkyl or cyclic N) is 1. The van der Waals surface area contributed by atoms with Crippen molar-refractivity contribution >= 4 is 11.0 Å². The maximum Gasteiger partial charge on any atom is 0.320 e. The van der Waals surface area contributed by atoms with Gasteiger partial charge in [-0.05, 0) is 31.5 Å². The number of rotatable bonds is 3. The Balaban J connectivity index is 1.92. The van der Waals surface area contributed by atoms with Gasteiger partial charge < -0.3 is 5.11 Å². The third kappa shape index (κ3) is 2.53. The van der Waals surface area contributed by atoms with Gasteiger partial charge in [-0.15, -0.1) is 0 Å². The molecule has 0 aliphatic carbocycles. The molecule has 0 radical (unpaired) electrons.